The van der Waals surface area contributed by atoms with E-state index in [4.69, 9.17) is 4.74 Å². The van der Waals surface area contributed by atoms with Crippen LogP contribution in [0.1, 0.15) is 30.6 Å². The number of methoxy groups -OCH3 is 1. The average molecular weight is 309 g/mol. The lowest BCUT2D eigenvalue weighted by atomic mass is 10.1. The van der Waals surface area contributed by atoms with Gasteiger partial charge in [-0.2, -0.15) is 0 Å². The van der Waals surface area contributed by atoms with Crippen molar-refractivity contribution in [2.24, 2.45) is 0 Å². The summed E-state index contributed by atoms with van der Waals surface area (Å²) in [5, 5.41) is 16.1. The Kier molecular flexibility index (Phi) is 6.30. The predicted molar refractivity (Wildman–Crippen MR) is 79.9 cm³/mol. The van der Waals surface area contributed by atoms with Crippen LogP contribution in [0.3, 0.4) is 0 Å². The van der Waals surface area contributed by atoms with Crippen LogP contribution in [0.2, 0.25) is 0 Å². The molecule has 2 N–H and O–H groups in total. The van der Waals surface area contributed by atoms with Gasteiger partial charge in [0.2, 0.25) is 5.91 Å². The maximum atomic E-state index is 12.1. The lowest BCUT2D eigenvalue weighted by Gasteiger charge is -2.14. The predicted octanol–water partition coefficient (Wildman–Crippen LogP) is 1.25. The van der Waals surface area contributed by atoms with Gasteiger partial charge in [0, 0.05) is 18.2 Å². The Morgan fingerprint density at radius 3 is 2.64 bits per heavy atom. The Bertz CT molecular complexity index is 574. The molecule has 0 radical (unpaired) electrons. The van der Waals surface area contributed by atoms with Crippen LogP contribution in [0.15, 0.2) is 18.2 Å². The van der Waals surface area contributed by atoms with Gasteiger partial charge in [0.15, 0.2) is 5.75 Å². The van der Waals surface area contributed by atoms with E-state index in [9.17, 15) is 19.7 Å². The zero-order valence-corrected chi connectivity index (χ0v) is 12.7. The zero-order valence-electron chi connectivity index (χ0n) is 12.7. The fourth-order valence-corrected chi connectivity index (χ4v) is 1.72. The van der Waals surface area contributed by atoms with Crippen molar-refractivity contribution in [2.45, 2.75) is 26.3 Å². The highest BCUT2D eigenvalue weighted by Crippen LogP contribution is 2.27. The number of benzene rings is 1. The van der Waals surface area contributed by atoms with Gasteiger partial charge in [-0.25, -0.2) is 0 Å². The number of nitrogens with zero attached hydrogens (tertiary/aromatic N) is 1. The Morgan fingerprint density at radius 2 is 2.09 bits per heavy atom. The Morgan fingerprint density at radius 1 is 1.41 bits per heavy atom. The third-order valence-corrected chi connectivity index (χ3v) is 2.93. The molecule has 0 aliphatic carbocycles. The summed E-state index contributed by atoms with van der Waals surface area (Å²) < 4.78 is 4.87. The summed E-state index contributed by atoms with van der Waals surface area (Å²) in [5.41, 5.74) is -0.221. The normalized spacial score (nSPS) is 11.4. The number of hydrogen-bond acceptors (Lipinski definition) is 5. The molecule has 0 aliphatic heterocycles. The number of nitro benzene ring substituents is 1. The Balaban J connectivity index is 2.83. The molecular weight excluding hydrogens is 290 g/mol. The van der Waals surface area contributed by atoms with Crippen LogP contribution >= 0.6 is 0 Å². The number of amides is 2. The summed E-state index contributed by atoms with van der Waals surface area (Å²) in [6.07, 6.45) is 0.789. The number of carbonyl (C=O) groups is 2. The summed E-state index contributed by atoms with van der Waals surface area (Å²) >= 11 is 0. The molecule has 1 aromatic carbocycles. The number of nitro groups is 1. The van der Waals surface area contributed by atoms with E-state index in [1.807, 2.05) is 6.92 Å². The van der Waals surface area contributed by atoms with Crippen molar-refractivity contribution in [3.8, 4) is 5.75 Å². The van der Waals surface area contributed by atoms with Gasteiger partial charge >= 0.3 is 5.69 Å². The highest BCUT2D eigenvalue weighted by Gasteiger charge is 2.20. The van der Waals surface area contributed by atoms with Crippen LogP contribution < -0.4 is 15.4 Å². The van der Waals surface area contributed by atoms with E-state index in [2.05, 4.69) is 10.6 Å². The average Bonchev–Trinajstić information content (AvgIpc) is 2.51. The van der Waals surface area contributed by atoms with E-state index in [1.54, 1.807) is 6.92 Å². The molecule has 1 atom stereocenters. The summed E-state index contributed by atoms with van der Waals surface area (Å²) in [5.74, 6) is -0.807. The van der Waals surface area contributed by atoms with Gasteiger partial charge in [0.1, 0.15) is 6.04 Å². The SMILES string of the molecule is CCCNC(=O)[C@H](C)NC(=O)c1ccc(OC)c([N+](=O)[O-])c1. The fourth-order valence-electron chi connectivity index (χ4n) is 1.72. The van der Waals surface area contributed by atoms with E-state index in [1.165, 1.54) is 19.2 Å². The Labute approximate surface area is 128 Å². The van der Waals surface area contributed by atoms with E-state index < -0.39 is 16.9 Å². The van der Waals surface area contributed by atoms with E-state index in [0.717, 1.165) is 12.5 Å². The number of carbonyl (C=O) groups excluding carboxylic acids is 2. The number of nitrogens with one attached hydrogen (secondary N) is 2. The molecule has 0 saturated carbocycles. The highest BCUT2D eigenvalue weighted by molar-refractivity contribution is 5.98. The van der Waals surface area contributed by atoms with Gasteiger partial charge in [0.05, 0.1) is 12.0 Å². The quantitative estimate of drug-likeness (QED) is 0.581. The first-order valence-corrected chi connectivity index (χ1v) is 6.81. The summed E-state index contributed by atoms with van der Waals surface area (Å²) in [7, 11) is 1.31. The zero-order chi connectivity index (χ0) is 16.7. The van der Waals surface area contributed by atoms with E-state index in [-0.39, 0.29) is 22.9 Å². The van der Waals surface area contributed by atoms with Crippen LogP contribution in [-0.4, -0.2) is 36.4 Å². The van der Waals surface area contributed by atoms with Gasteiger partial charge in [-0.3, -0.25) is 19.7 Å². The second-order valence-corrected chi connectivity index (χ2v) is 4.63. The van der Waals surface area contributed by atoms with Crippen molar-refractivity contribution in [1.29, 1.82) is 0 Å². The molecular formula is C14H19N3O5. The molecule has 0 bridgehead atoms. The minimum absolute atomic E-state index is 0.0651. The topological polar surface area (TPSA) is 111 Å². The van der Waals surface area contributed by atoms with Gasteiger partial charge < -0.3 is 15.4 Å². The minimum atomic E-state index is -0.736. The van der Waals surface area contributed by atoms with Crippen LogP contribution in [0.5, 0.6) is 5.75 Å². The first kappa shape index (κ1) is 17.4. The monoisotopic (exact) mass is 309 g/mol. The van der Waals surface area contributed by atoms with Gasteiger partial charge in [-0.1, -0.05) is 6.92 Å². The van der Waals surface area contributed by atoms with Crippen molar-refractivity contribution >= 4 is 17.5 Å². The van der Waals surface area contributed by atoms with Crippen LogP contribution in [0, 0.1) is 10.1 Å². The maximum absolute atomic E-state index is 12.1. The largest absolute Gasteiger partial charge is 0.490 e. The van der Waals surface area contributed by atoms with E-state index in [0.29, 0.717) is 6.54 Å². The molecule has 0 heterocycles. The summed E-state index contributed by atoms with van der Waals surface area (Å²) in [6.45, 7) is 3.98. The fraction of sp³-hybridized carbons (Fsp3) is 0.429. The standard InChI is InChI=1S/C14H19N3O5/c1-4-7-15-13(18)9(2)16-14(19)10-5-6-12(22-3)11(8-10)17(20)21/h5-6,8-9H,4,7H2,1-3H3,(H,15,18)(H,16,19)/t9-/m0/s1. The van der Waals surface area contributed by atoms with Gasteiger partial charge in [0.25, 0.3) is 5.91 Å². The van der Waals surface area contributed by atoms with Crippen LogP contribution in [0.25, 0.3) is 0 Å². The summed E-state index contributed by atoms with van der Waals surface area (Å²) in [4.78, 5) is 34.0. The number of rotatable bonds is 7. The molecule has 8 heteroatoms. The molecule has 8 nitrogen and oxygen atoms in total. The van der Waals surface area contributed by atoms with Gasteiger partial charge in [-0.15, -0.1) is 0 Å². The summed E-state index contributed by atoms with van der Waals surface area (Å²) in [6, 6.07) is 3.12. The lowest BCUT2D eigenvalue weighted by molar-refractivity contribution is -0.385. The maximum Gasteiger partial charge on any atom is 0.311 e. The molecule has 1 rings (SSSR count). The second kappa shape index (κ2) is 7.96. The third kappa shape index (κ3) is 4.44. The molecule has 2 amide bonds. The molecule has 0 unspecified atom stereocenters. The van der Waals surface area contributed by atoms with Crippen molar-refractivity contribution in [1.82, 2.24) is 10.6 Å². The van der Waals surface area contributed by atoms with Crippen molar-refractivity contribution < 1.29 is 19.2 Å². The van der Waals surface area contributed by atoms with Crippen molar-refractivity contribution in [3.63, 3.8) is 0 Å². The smallest absolute Gasteiger partial charge is 0.311 e. The lowest BCUT2D eigenvalue weighted by Crippen LogP contribution is -2.45. The molecule has 0 aromatic heterocycles. The molecule has 0 aliphatic rings. The first-order valence-electron chi connectivity index (χ1n) is 6.81. The van der Waals surface area contributed by atoms with Crippen molar-refractivity contribution in [3.05, 3.63) is 33.9 Å². The van der Waals surface area contributed by atoms with Crippen LogP contribution in [0.4, 0.5) is 5.69 Å². The molecule has 22 heavy (non-hydrogen) atoms. The van der Waals surface area contributed by atoms with E-state index >= 15 is 0 Å². The second-order valence-electron chi connectivity index (χ2n) is 4.63. The number of hydrogen-bond donors (Lipinski definition) is 2. The first-order chi connectivity index (χ1) is 10.4. The van der Waals surface area contributed by atoms with Crippen LogP contribution in [-0.2, 0) is 4.79 Å². The molecule has 0 fully saturated rings. The molecule has 0 spiro atoms. The molecule has 0 saturated heterocycles. The third-order valence-electron chi connectivity index (χ3n) is 2.93. The molecule has 1 aromatic rings. The van der Waals surface area contributed by atoms with Crippen molar-refractivity contribution in [2.75, 3.05) is 13.7 Å². The Hall–Kier alpha value is -2.64. The number of ether oxygens (including phenoxy) is 1. The molecule has 120 valence electrons. The van der Waals surface area contributed by atoms with Gasteiger partial charge in [-0.05, 0) is 25.5 Å². The highest BCUT2D eigenvalue weighted by atomic mass is 16.6. The minimum Gasteiger partial charge on any atom is -0.490 e.